The number of aliphatic hydroxyl groups excluding tert-OH is 1. The lowest BCUT2D eigenvalue weighted by molar-refractivity contribution is -0.130. The maximum Gasteiger partial charge on any atom is 0.235 e. The minimum atomic E-state index is -0.121. The zero-order valence-electron chi connectivity index (χ0n) is 10.3. The molecule has 17 heavy (non-hydrogen) atoms. The van der Waals surface area contributed by atoms with Gasteiger partial charge in [0.25, 0.3) is 0 Å². The number of carbonyl (C=O) groups excluding carboxylic acids is 1. The molecule has 0 bridgehead atoms. The highest BCUT2D eigenvalue weighted by atomic mass is 32.2. The Hall–Kier alpha value is -1.00. The number of carbonyl (C=O) groups is 1. The molecule has 1 aromatic rings. The zero-order chi connectivity index (χ0) is 12.7. The van der Waals surface area contributed by atoms with Crippen molar-refractivity contribution in [2.24, 2.45) is 0 Å². The van der Waals surface area contributed by atoms with Crippen LogP contribution >= 0.6 is 11.8 Å². The molecule has 1 unspecified atom stereocenters. The number of nitrogens with zero attached hydrogens (tertiary/aromatic N) is 1. The normalized spacial score (nSPS) is 12.2. The zero-order valence-corrected chi connectivity index (χ0v) is 11.1. The van der Waals surface area contributed by atoms with Crippen molar-refractivity contribution in [1.29, 1.82) is 0 Å². The van der Waals surface area contributed by atoms with Crippen molar-refractivity contribution in [3.63, 3.8) is 0 Å². The standard InChI is InChI=1S/C13H19NO2S/c1-3-14(9-10-15)13(16)11(2)17-12-7-5-4-6-8-12/h4-8,11,15H,3,9-10H2,1-2H3. The molecule has 1 atom stereocenters. The summed E-state index contributed by atoms with van der Waals surface area (Å²) in [5, 5.41) is 8.77. The third-order valence-corrected chi connectivity index (χ3v) is 3.57. The molecule has 1 aromatic carbocycles. The highest BCUT2D eigenvalue weighted by Crippen LogP contribution is 2.23. The van der Waals surface area contributed by atoms with E-state index in [2.05, 4.69) is 0 Å². The van der Waals surface area contributed by atoms with Gasteiger partial charge in [0, 0.05) is 18.0 Å². The van der Waals surface area contributed by atoms with Gasteiger partial charge in [0.15, 0.2) is 0 Å². The third kappa shape index (κ3) is 4.40. The van der Waals surface area contributed by atoms with Crippen LogP contribution in [0.25, 0.3) is 0 Å². The molecule has 4 heteroatoms. The Morgan fingerprint density at radius 3 is 2.59 bits per heavy atom. The maximum absolute atomic E-state index is 12.1. The summed E-state index contributed by atoms with van der Waals surface area (Å²) in [7, 11) is 0. The smallest absolute Gasteiger partial charge is 0.235 e. The van der Waals surface area contributed by atoms with Crippen molar-refractivity contribution in [2.75, 3.05) is 19.7 Å². The van der Waals surface area contributed by atoms with E-state index >= 15 is 0 Å². The first-order valence-electron chi connectivity index (χ1n) is 5.80. The molecule has 0 saturated carbocycles. The van der Waals surface area contributed by atoms with Gasteiger partial charge in [-0.3, -0.25) is 4.79 Å². The Morgan fingerprint density at radius 2 is 2.06 bits per heavy atom. The molecule has 1 rings (SSSR count). The van der Waals surface area contributed by atoms with Crippen LogP contribution in [0.5, 0.6) is 0 Å². The number of aliphatic hydroxyl groups is 1. The van der Waals surface area contributed by atoms with E-state index in [-0.39, 0.29) is 17.8 Å². The fourth-order valence-electron chi connectivity index (χ4n) is 1.56. The SMILES string of the molecule is CCN(CCO)C(=O)C(C)Sc1ccccc1. The topological polar surface area (TPSA) is 40.5 Å². The van der Waals surface area contributed by atoms with Gasteiger partial charge in [-0.25, -0.2) is 0 Å². The minimum Gasteiger partial charge on any atom is -0.395 e. The molecule has 0 radical (unpaired) electrons. The van der Waals surface area contributed by atoms with Crippen LogP contribution in [0.3, 0.4) is 0 Å². The molecule has 0 aromatic heterocycles. The van der Waals surface area contributed by atoms with Crippen LogP contribution < -0.4 is 0 Å². The molecule has 1 N–H and O–H groups in total. The van der Waals surface area contributed by atoms with Crippen LogP contribution in [0.4, 0.5) is 0 Å². The summed E-state index contributed by atoms with van der Waals surface area (Å²) >= 11 is 1.55. The fourth-order valence-corrected chi connectivity index (χ4v) is 2.53. The van der Waals surface area contributed by atoms with E-state index in [9.17, 15) is 4.79 Å². The van der Waals surface area contributed by atoms with Gasteiger partial charge < -0.3 is 10.0 Å². The highest BCUT2D eigenvalue weighted by molar-refractivity contribution is 8.00. The maximum atomic E-state index is 12.1. The van der Waals surface area contributed by atoms with Gasteiger partial charge in [0.05, 0.1) is 11.9 Å². The van der Waals surface area contributed by atoms with Gasteiger partial charge in [0.2, 0.25) is 5.91 Å². The summed E-state index contributed by atoms with van der Waals surface area (Å²) in [6, 6.07) is 9.88. The summed E-state index contributed by atoms with van der Waals surface area (Å²) in [6.45, 7) is 4.89. The molecular formula is C13H19NO2S. The van der Waals surface area contributed by atoms with E-state index in [1.165, 1.54) is 0 Å². The molecule has 1 amide bonds. The van der Waals surface area contributed by atoms with Crippen molar-refractivity contribution in [3.8, 4) is 0 Å². The van der Waals surface area contributed by atoms with Crippen molar-refractivity contribution in [2.45, 2.75) is 24.0 Å². The number of thioether (sulfide) groups is 1. The number of rotatable bonds is 6. The second kappa shape index (κ2) is 7.35. The first-order chi connectivity index (χ1) is 8.19. The molecule has 3 nitrogen and oxygen atoms in total. The Morgan fingerprint density at radius 1 is 1.41 bits per heavy atom. The van der Waals surface area contributed by atoms with Crippen LogP contribution in [0, 0.1) is 0 Å². The number of amides is 1. The second-order valence-electron chi connectivity index (χ2n) is 3.71. The van der Waals surface area contributed by atoms with Gasteiger partial charge in [-0.2, -0.15) is 0 Å². The van der Waals surface area contributed by atoms with Crippen molar-refractivity contribution < 1.29 is 9.90 Å². The summed E-state index contributed by atoms with van der Waals surface area (Å²) in [5.41, 5.74) is 0. The number of benzene rings is 1. The lowest BCUT2D eigenvalue weighted by Crippen LogP contribution is -2.38. The van der Waals surface area contributed by atoms with E-state index in [0.29, 0.717) is 13.1 Å². The molecule has 94 valence electrons. The van der Waals surface area contributed by atoms with Crippen LogP contribution in [0.15, 0.2) is 35.2 Å². The first kappa shape index (κ1) is 14.1. The van der Waals surface area contributed by atoms with Crippen LogP contribution in [0.2, 0.25) is 0 Å². The molecule has 0 spiro atoms. The number of likely N-dealkylation sites (N-methyl/N-ethyl adjacent to an activating group) is 1. The average molecular weight is 253 g/mol. The molecule has 0 aliphatic carbocycles. The van der Waals surface area contributed by atoms with E-state index in [0.717, 1.165) is 4.90 Å². The van der Waals surface area contributed by atoms with E-state index < -0.39 is 0 Å². The van der Waals surface area contributed by atoms with Crippen molar-refractivity contribution >= 4 is 17.7 Å². The van der Waals surface area contributed by atoms with Crippen LogP contribution in [0.1, 0.15) is 13.8 Å². The predicted octanol–water partition coefficient (Wildman–Crippen LogP) is 2.01. The predicted molar refractivity (Wildman–Crippen MR) is 71.1 cm³/mol. The quantitative estimate of drug-likeness (QED) is 0.788. The van der Waals surface area contributed by atoms with Gasteiger partial charge in [-0.15, -0.1) is 11.8 Å². The van der Waals surface area contributed by atoms with Crippen LogP contribution in [-0.2, 0) is 4.79 Å². The number of hydrogen-bond acceptors (Lipinski definition) is 3. The van der Waals surface area contributed by atoms with Crippen molar-refractivity contribution in [3.05, 3.63) is 30.3 Å². The van der Waals surface area contributed by atoms with Crippen molar-refractivity contribution in [1.82, 2.24) is 4.90 Å². The lowest BCUT2D eigenvalue weighted by atomic mass is 10.3. The molecule has 0 fully saturated rings. The summed E-state index contributed by atoms with van der Waals surface area (Å²) in [5.74, 6) is 0.0791. The average Bonchev–Trinajstić information content (AvgIpc) is 2.36. The highest BCUT2D eigenvalue weighted by Gasteiger charge is 2.19. The molecular weight excluding hydrogens is 234 g/mol. The van der Waals surface area contributed by atoms with Gasteiger partial charge in [-0.1, -0.05) is 18.2 Å². The Labute approximate surface area is 107 Å². The molecule has 0 saturated heterocycles. The fraction of sp³-hybridized carbons (Fsp3) is 0.462. The van der Waals surface area contributed by atoms with E-state index in [1.807, 2.05) is 44.2 Å². The monoisotopic (exact) mass is 253 g/mol. The number of hydrogen-bond donors (Lipinski definition) is 1. The Balaban J connectivity index is 2.57. The van der Waals surface area contributed by atoms with E-state index in [1.54, 1.807) is 16.7 Å². The third-order valence-electron chi connectivity index (χ3n) is 2.47. The Kier molecular flexibility index (Phi) is 6.08. The summed E-state index contributed by atoms with van der Waals surface area (Å²) in [4.78, 5) is 14.8. The molecule has 0 aliphatic rings. The van der Waals surface area contributed by atoms with Crippen LogP contribution in [-0.4, -0.2) is 40.9 Å². The van der Waals surface area contributed by atoms with Gasteiger partial charge in [0.1, 0.15) is 0 Å². The summed E-state index contributed by atoms with van der Waals surface area (Å²) in [6.07, 6.45) is 0. The van der Waals surface area contributed by atoms with Gasteiger partial charge >= 0.3 is 0 Å². The summed E-state index contributed by atoms with van der Waals surface area (Å²) < 4.78 is 0. The lowest BCUT2D eigenvalue weighted by Gasteiger charge is -2.23. The minimum absolute atomic E-state index is 0.0162. The van der Waals surface area contributed by atoms with Gasteiger partial charge in [-0.05, 0) is 26.0 Å². The largest absolute Gasteiger partial charge is 0.395 e. The Bertz CT molecular complexity index is 343. The second-order valence-corrected chi connectivity index (χ2v) is 5.13. The van der Waals surface area contributed by atoms with E-state index in [4.69, 9.17) is 5.11 Å². The molecule has 0 heterocycles. The first-order valence-corrected chi connectivity index (χ1v) is 6.68. The molecule has 0 aliphatic heterocycles.